The van der Waals surface area contributed by atoms with Crippen molar-refractivity contribution < 1.29 is 32.9 Å². The maximum Gasteiger partial charge on any atom is 0.264 e. The lowest BCUT2D eigenvalue weighted by Crippen LogP contribution is -2.54. The van der Waals surface area contributed by atoms with Gasteiger partial charge in [0.1, 0.15) is 12.0 Å². The van der Waals surface area contributed by atoms with Crippen LogP contribution in [0.15, 0.2) is 48.6 Å². The summed E-state index contributed by atoms with van der Waals surface area (Å²) < 4.78 is 41.0. The molecular formula is C38H52ClN3O7S. The third-order valence-corrected chi connectivity index (χ3v) is 14.1. The largest absolute Gasteiger partial charge is 0.490 e. The first-order valence-electron chi connectivity index (χ1n) is 17.9. The molecule has 4 aliphatic rings. The van der Waals surface area contributed by atoms with Crippen LogP contribution in [-0.4, -0.2) is 93.5 Å². The van der Waals surface area contributed by atoms with Crippen LogP contribution in [-0.2, 0) is 26.6 Å². The van der Waals surface area contributed by atoms with Crippen molar-refractivity contribution in [2.24, 2.45) is 17.8 Å². The van der Waals surface area contributed by atoms with E-state index in [1.54, 1.807) is 43.2 Å². The molecule has 10 nitrogen and oxygen atoms in total. The fourth-order valence-electron chi connectivity index (χ4n) is 8.42. The average Bonchev–Trinajstić information content (AvgIpc) is 3.21. The van der Waals surface area contributed by atoms with Crippen molar-refractivity contribution in [2.45, 2.75) is 81.3 Å². The Balaban J connectivity index is 1.42. The molecule has 2 aliphatic heterocycles. The van der Waals surface area contributed by atoms with Crippen LogP contribution in [0.5, 0.6) is 5.75 Å². The van der Waals surface area contributed by atoms with Crippen LogP contribution in [0.2, 0.25) is 5.02 Å². The number of likely N-dealkylation sites (N-methyl/N-ethyl adjacent to an activating group) is 1. The maximum absolute atomic E-state index is 13.5. The molecule has 0 aromatic heterocycles. The minimum atomic E-state index is -4.02. The number of aliphatic hydroxyl groups is 2. The van der Waals surface area contributed by atoms with Crippen LogP contribution < -0.4 is 14.4 Å². The molecular weight excluding hydrogens is 678 g/mol. The number of halogens is 1. The summed E-state index contributed by atoms with van der Waals surface area (Å²) in [7, 11) is -0.594. The average molecular weight is 730 g/mol. The molecule has 0 saturated heterocycles. The van der Waals surface area contributed by atoms with E-state index in [1.807, 2.05) is 26.1 Å². The van der Waals surface area contributed by atoms with E-state index in [0.717, 1.165) is 37.8 Å². The molecule has 1 amide bonds. The predicted molar refractivity (Wildman–Crippen MR) is 195 cm³/mol. The fraction of sp³-hybridized carbons (Fsp3) is 0.605. The molecule has 2 aromatic rings. The maximum atomic E-state index is 13.5. The molecule has 2 aromatic carbocycles. The van der Waals surface area contributed by atoms with E-state index in [9.17, 15) is 23.4 Å². The lowest BCUT2D eigenvalue weighted by Gasteiger charge is -2.50. The van der Waals surface area contributed by atoms with Gasteiger partial charge in [0, 0.05) is 49.2 Å². The quantitative estimate of drug-likeness (QED) is 0.281. The zero-order chi connectivity index (χ0) is 35.8. The molecule has 2 heterocycles. The van der Waals surface area contributed by atoms with Crippen LogP contribution in [0.1, 0.15) is 73.9 Å². The number of hydrogen-bond donors (Lipinski definition) is 3. The number of aryl methyl sites for hydroxylation is 1. The Morgan fingerprint density at radius 2 is 2.00 bits per heavy atom. The zero-order valence-corrected chi connectivity index (χ0v) is 31.2. The molecule has 1 spiro atoms. The van der Waals surface area contributed by atoms with Gasteiger partial charge in [0.15, 0.2) is 0 Å². The van der Waals surface area contributed by atoms with Crippen LogP contribution >= 0.6 is 11.6 Å². The number of fused-ring (bicyclic) bond motifs is 4. The molecule has 1 fully saturated rings. The summed E-state index contributed by atoms with van der Waals surface area (Å²) in [5.74, 6) is -0.457. The predicted octanol–water partition coefficient (Wildman–Crippen LogP) is 4.90. The number of rotatable bonds is 6. The van der Waals surface area contributed by atoms with Gasteiger partial charge in [0.05, 0.1) is 29.8 Å². The lowest BCUT2D eigenvalue weighted by atomic mass is 9.63. The number of nitrogens with zero attached hydrogens (tertiary/aromatic N) is 2. The zero-order valence-electron chi connectivity index (χ0n) is 29.6. The normalized spacial score (nSPS) is 32.2. The second-order valence-corrected chi connectivity index (χ2v) is 17.7. The highest BCUT2D eigenvalue weighted by Gasteiger charge is 2.49. The van der Waals surface area contributed by atoms with Crippen LogP contribution in [0.25, 0.3) is 0 Å². The molecule has 50 heavy (non-hydrogen) atoms. The van der Waals surface area contributed by atoms with Crippen molar-refractivity contribution in [1.29, 1.82) is 0 Å². The van der Waals surface area contributed by atoms with Crippen molar-refractivity contribution in [3.8, 4) is 5.75 Å². The van der Waals surface area contributed by atoms with E-state index in [2.05, 4.69) is 21.8 Å². The SMILES string of the molecule is COCCN(C)C(O)C[C@@]1(O)/C=C/C[C@H](C)[C@@H](C)S(=O)(=O)NC(=O)c2ccc3c(c2)N(C[C@@H]2CC[C@H]21)C[C@@]1(CCCc2cc(Cl)ccc21)CO3. The summed E-state index contributed by atoms with van der Waals surface area (Å²) in [6.07, 6.45) is 7.71. The summed E-state index contributed by atoms with van der Waals surface area (Å²) in [6.45, 7) is 6.03. The Kier molecular flexibility index (Phi) is 10.9. The monoisotopic (exact) mass is 729 g/mol. The van der Waals surface area contributed by atoms with E-state index < -0.39 is 33.0 Å². The minimum Gasteiger partial charge on any atom is -0.490 e. The number of nitrogens with one attached hydrogen (secondary N) is 1. The Morgan fingerprint density at radius 1 is 1.20 bits per heavy atom. The molecule has 6 rings (SSSR count). The standard InChI is InChI=1S/C38H52ClN3O7S/c1-25-7-5-16-38(45,21-35(43)41(3)17-18-48-4)32-12-9-29(32)22-42-23-37(15-6-8-27-19-30(39)11-13-31(27)37)24-49-34-14-10-28(20-33(34)42)36(44)40-50(46,47)26(25)2/h5,10-11,13-14,16,19-20,25-26,29,32,35,43,45H,6-9,12,15,17-18,21-24H2,1-4H3,(H,40,44)/b16-5+/t25-,26+,29-,32+,35?,37-,38-/m0/s1. The number of sulfonamides is 1. The van der Waals surface area contributed by atoms with Gasteiger partial charge in [-0.1, -0.05) is 36.7 Å². The van der Waals surface area contributed by atoms with Gasteiger partial charge in [-0.15, -0.1) is 0 Å². The van der Waals surface area contributed by atoms with Gasteiger partial charge in [0.2, 0.25) is 10.0 Å². The summed E-state index contributed by atoms with van der Waals surface area (Å²) >= 11 is 6.44. The molecule has 12 heteroatoms. The van der Waals surface area contributed by atoms with Crippen LogP contribution in [0, 0.1) is 17.8 Å². The number of amides is 1. The highest BCUT2D eigenvalue weighted by Crippen LogP contribution is 2.49. The van der Waals surface area contributed by atoms with Gasteiger partial charge < -0.3 is 24.6 Å². The molecule has 1 saturated carbocycles. The number of methoxy groups -OCH3 is 1. The first-order chi connectivity index (χ1) is 23.7. The number of benzene rings is 2. The van der Waals surface area contributed by atoms with Crippen molar-refractivity contribution in [1.82, 2.24) is 9.62 Å². The number of carbonyl (C=O) groups is 1. The van der Waals surface area contributed by atoms with Crippen LogP contribution in [0.4, 0.5) is 5.69 Å². The Bertz CT molecular complexity index is 1700. The van der Waals surface area contributed by atoms with Crippen molar-refractivity contribution in [2.75, 3.05) is 51.9 Å². The minimum absolute atomic E-state index is 0.0829. The van der Waals surface area contributed by atoms with Crippen molar-refractivity contribution in [3.63, 3.8) is 0 Å². The van der Waals surface area contributed by atoms with Gasteiger partial charge in [0.25, 0.3) is 5.91 Å². The lowest BCUT2D eigenvalue weighted by molar-refractivity contribution is -0.102. The first-order valence-corrected chi connectivity index (χ1v) is 19.8. The topological polar surface area (TPSA) is 129 Å². The van der Waals surface area contributed by atoms with E-state index in [1.165, 1.54) is 11.1 Å². The third kappa shape index (κ3) is 7.45. The number of aliphatic hydroxyl groups excluding tert-OH is 1. The van der Waals surface area contributed by atoms with Gasteiger partial charge in [-0.05, 0) is 112 Å². The summed E-state index contributed by atoms with van der Waals surface area (Å²) in [5.41, 5.74) is 1.72. The van der Waals surface area contributed by atoms with Crippen molar-refractivity contribution in [3.05, 3.63) is 70.3 Å². The smallest absolute Gasteiger partial charge is 0.264 e. The van der Waals surface area contributed by atoms with E-state index in [4.69, 9.17) is 21.1 Å². The molecule has 2 bridgehead atoms. The second-order valence-electron chi connectivity index (χ2n) is 15.2. The number of carbonyl (C=O) groups excluding carboxylic acids is 1. The number of anilines is 1. The Morgan fingerprint density at radius 3 is 2.74 bits per heavy atom. The number of hydrogen-bond acceptors (Lipinski definition) is 9. The Hall–Kier alpha value is -2.67. The van der Waals surface area contributed by atoms with E-state index in [-0.39, 0.29) is 35.2 Å². The molecule has 1 unspecified atom stereocenters. The molecule has 2 aliphatic carbocycles. The summed E-state index contributed by atoms with van der Waals surface area (Å²) in [4.78, 5) is 17.6. The molecule has 274 valence electrons. The van der Waals surface area contributed by atoms with Gasteiger partial charge in [-0.2, -0.15) is 0 Å². The summed E-state index contributed by atoms with van der Waals surface area (Å²) in [6, 6.07) is 11.3. The second kappa shape index (κ2) is 14.8. The first kappa shape index (κ1) is 37.1. The fourth-order valence-corrected chi connectivity index (χ4v) is 9.90. The number of ether oxygens (including phenoxy) is 2. The Labute approximate surface area is 301 Å². The molecule has 0 radical (unpaired) electrons. The number of allylic oxidation sites excluding steroid dienone is 1. The van der Waals surface area contributed by atoms with Gasteiger partial charge in [-0.25, -0.2) is 13.1 Å². The third-order valence-electron chi connectivity index (χ3n) is 11.9. The molecule has 7 atom stereocenters. The van der Waals surface area contributed by atoms with Gasteiger partial charge in [-0.3, -0.25) is 9.69 Å². The van der Waals surface area contributed by atoms with Crippen molar-refractivity contribution >= 4 is 33.2 Å². The molecule has 3 N–H and O–H groups in total. The van der Waals surface area contributed by atoms with E-state index in [0.29, 0.717) is 50.0 Å². The highest BCUT2D eigenvalue weighted by molar-refractivity contribution is 7.90. The van der Waals surface area contributed by atoms with E-state index >= 15 is 0 Å². The van der Waals surface area contributed by atoms with Crippen LogP contribution in [0.3, 0.4) is 0 Å². The summed E-state index contributed by atoms with van der Waals surface area (Å²) in [5, 5.41) is 23.6. The van der Waals surface area contributed by atoms with Gasteiger partial charge >= 0.3 is 0 Å². The highest BCUT2D eigenvalue weighted by atomic mass is 35.5.